The molecule has 0 aliphatic heterocycles. The van der Waals surface area contributed by atoms with E-state index in [9.17, 15) is 0 Å². The summed E-state index contributed by atoms with van der Waals surface area (Å²) in [6.45, 7) is 0. The van der Waals surface area contributed by atoms with Crippen molar-refractivity contribution in [2.24, 2.45) is 0 Å². The Kier molecular flexibility index (Phi) is 8.11. The van der Waals surface area contributed by atoms with E-state index in [0.29, 0.717) is 17.5 Å². The minimum atomic E-state index is 0.558. The Bertz CT molecular complexity index is 3930. The fraction of sp³-hybridized carbons (Fsp3) is 0. The van der Waals surface area contributed by atoms with Gasteiger partial charge in [-0.3, -0.25) is 4.57 Å². The van der Waals surface area contributed by atoms with E-state index >= 15 is 0 Å². The Hall–Kier alpha value is -8.74. The van der Waals surface area contributed by atoms with Gasteiger partial charge in [-0.25, -0.2) is 19.9 Å². The summed E-state index contributed by atoms with van der Waals surface area (Å²) in [7, 11) is 0. The molecule has 64 heavy (non-hydrogen) atoms. The molecule has 298 valence electrons. The summed E-state index contributed by atoms with van der Waals surface area (Å²) in [5.41, 5.74) is 10.2. The maximum atomic E-state index is 6.71. The zero-order valence-electron chi connectivity index (χ0n) is 34.4. The van der Waals surface area contributed by atoms with Gasteiger partial charge in [-0.15, -0.1) is 0 Å². The smallest absolute Gasteiger partial charge is 0.164 e. The van der Waals surface area contributed by atoms with Gasteiger partial charge in [0.2, 0.25) is 0 Å². The summed E-state index contributed by atoms with van der Waals surface area (Å²) < 4.78 is 8.94. The molecule has 0 fully saturated rings. The van der Waals surface area contributed by atoms with Gasteiger partial charge in [0.05, 0.1) is 11.0 Å². The quantitative estimate of drug-likeness (QED) is 0.156. The van der Waals surface area contributed by atoms with Crippen LogP contribution in [0.2, 0.25) is 0 Å². The number of fused-ring (bicyclic) bond motifs is 10. The van der Waals surface area contributed by atoms with Gasteiger partial charge in [0, 0.05) is 44.3 Å². The van der Waals surface area contributed by atoms with Crippen molar-refractivity contribution in [2.45, 2.75) is 0 Å². The monoisotopic (exact) mass is 817 g/mol. The van der Waals surface area contributed by atoms with Crippen LogP contribution < -0.4 is 0 Å². The van der Waals surface area contributed by atoms with E-state index in [-0.39, 0.29) is 0 Å². The van der Waals surface area contributed by atoms with Crippen LogP contribution in [0, 0.1) is 0 Å². The number of hydrogen-bond acceptors (Lipinski definition) is 5. The number of nitrogens with zero attached hydrogens (tertiary/aromatic N) is 5. The molecule has 0 amide bonds. The average Bonchev–Trinajstić information content (AvgIpc) is 3.96. The number of furan rings is 1. The van der Waals surface area contributed by atoms with Crippen molar-refractivity contribution >= 4 is 65.3 Å². The minimum absolute atomic E-state index is 0.558. The Morgan fingerprint density at radius 1 is 0.344 bits per heavy atom. The first kappa shape index (κ1) is 36.0. The summed E-state index contributed by atoms with van der Waals surface area (Å²) in [5, 5.41) is 9.14. The van der Waals surface area contributed by atoms with Crippen molar-refractivity contribution < 1.29 is 4.42 Å². The standard InChI is InChI=1S/C58H35N5O/c1-3-16-36(17-4-1)41-32-33-48(53-47-26-11-14-29-52(47)64-54(41)53)57-61-55(38-20-15-21-40(34-38)63-51-28-13-12-27-50(51)59-58(63)37-18-5-2-6-19-37)60-56(62-57)39-30-31-46-44-24-8-7-22-42(44)43-23-9-10-25-45(43)49(46)35-39/h1-35H. The minimum Gasteiger partial charge on any atom is -0.455 e. The maximum absolute atomic E-state index is 6.71. The van der Waals surface area contributed by atoms with E-state index in [1.54, 1.807) is 0 Å². The highest BCUT2D eigenvalue weighted by Crippen LogP contribution is 2.42. The number of imidazole rings is 1. The molecule has 0 saturated carbocycles. The largest absolute Gasteiger partial charge is 0.455 e. The zero-order valence-corrected chi connectivity index (χ0v) is 34.4. The molecule has 0 unspecified atom stereocenters. The third kappa shape index (κ3) is 5.73. The van der Waals surface area contributed by atoms with Gasteiger partial charge in [0.25, 0.3) is 0 Å². The Morgan fingerprint density at radius 3 is 1.62 bits per heavy atom. The molecule has 0 spiro atoms. The molecule has 6 nitrogen and oxygen atoms in total. The van der Waals surface area contributed by atoms with Gasteiger partial charge in [0.1, 0.15) is 17.0 Å². The summed E-state index contributed by atoms with van der Waals surface area (Å²) in [6, 6.07) is 73.8. The van der Waals surface area contributed by atoms with E-state index in [1.807, 2.05) is 42.5 Å². The summed E-state index contributed by atoms with van der Waals surface area (Å²) in [6.07, 6.45) is 0. The molecule has 6 heteroatoms. The predicted octanol–water partition coefficient (Wildman–Crippen LogP) is 14.9. The lowest BCUT2D eigenvalue weighted by molar-refractivity contribution is 0.670. The van der Waals surface area contributed by atoms with Gasteiger partial charge in [-0.1, -0.05) is 164 Å². The Balaban J connectivity index is 1.07. The fourth-order valence-corrected chi connectivity index (χ4v) is 9.51. The molecule has 10 aromatic carbocycles. The molecule has 0 aliphatic rings. The van der Waals surface area contributed by atoms with E-state index in [2.05, 4.69) is 174 Å². The van der Waals surface area contributed by atoms with E-state index in [4.69, 9.17) is 24.4 Å². The van der Waals surface area contributed by atoms with Crippen molar-refractivity contribution in [3.05, 3.63) is 212 Å². The Labute approximate surface area is 367 Å². The highest BCUT2D eigenvalue weighted by Gasteiger charge is 2.22. The maximum Gasteiger partial charge on any atom is 0.164 e. The molecule has 0 bridgehead atoms. The Morgan fingerprint density at radius 2 is 0.891 bits per heavy atom. The molecule has 0 aliphatic carbocycles. The molecule has 3 aromatic heterocycles. The summed E-state index contributed by atoms with van der Waals surface area (Å²) >= 11 is 0. The van der Waals surface area contributed by atoms with E-state index in [0.717, 1.165) is 83.3 Å². The number of rotatable bonds is 6. The normalized spacial score (nSPS) is 11.8. The van der Waals surface area contributed by atoms with Gasteiger partial charge in [-0.05, 0) is 86.4 Å². The summed E-state index contributed by atoms with van der Waals surface area (Å²) in [4.78, 5) is 21.2. The second kappa shape index (κ2) is 14.4. The third-order valence-electron chi connectivity index (χ3n) is 12.4. The van der Waals surface area contributed by atoms with Crippen LogP contribution in [-0.4, -0.2) is 24.5 Å². The van der Waals surface area contributed by atoms with Gasteiger partial charge in [0.15, 0.2) is 17.5 Å². The number of aromatic nitrogens is 5. The van der Waals surface area contributed by atoms with Crippen molar-refractivity contribution in [3.8, 4) is 62.4 Å². The first-order valence-corrected chi connectivity index (χ1v) is 21.5. The van der Waals surface area contributed by atoms with Crippen LogP contribution in [0.3, 0.4) is 0 Å². The average molecular weight is 818 g/mol. The van der Waals surface area contributed by atoms with Crippen LogP contribution in [-0.2, 0) is 0 Å². The fourth-order valence-electron chi connectivity index (χ4n) is 9.51. The SMILES string of the molecule is c1ccc(-c2ccc(-c3nc(-c4cccc(-n5c(-c6ccccc6)nc6ccccc65)c4)nc(-c4ccc5c6ccccc6c6ccccc6c5c4)n3)c3c2oc2ccccc23)cc1. The highest BCUT2D eigenvalue weighted by atomic mass is 16.3. The lowest BCUT2D eigenvalue weighted by Crippen LogP contribution is -2.02. The zero-order chi connectivity index (χ0) is 42.1. The van der Waals surface area contributed by atoms with Crippen LogP contribution in [0.4, 0.5) is 0 Å². The molecule has 13 aromatic rings. The predicted molar refractivity (Wildman–Crippen MR) is 261 cm³/mol. The molecule has 0 saturated heterocycles. The van der Waals surface area contributed by atoms with E-state index < -0.39 is 0 Å². The first-order valence-electron chi connectivity index (χ1n) is 21.5. The molecule has 0 radical (unpaired) electrons. The van der Waals surface area contributed by atoms with Crippen molar-refractivity contribution in [1.29, 1.82) is 0 Å². The topological polar surface area (TPSA) is 69.6 Å². The van der Waals surface area contributed by atoms with Gasteiger partial charge < -0.3 is 4.42 Å². The van der Waals surface area contributed by atoms with Crippen molar-refractivity contribution in [3.63, 3.8) is 0 Å². The molecular weight excluding hydrogens is 783 g/mol. The first-order chi connectivity index (χ1) is 31.7. The molecule has 0 atom stereocenters. The summed E-state index contributed by atoms with van der Waals surface area (Å²) in [5.74, 6) is 2.56. The third-order valence-corrected chi connectivity index (χ3v) is 12.4. The molecular formula is C58H35N5O. The van der Waals surface area contributed by atoms with Crippen LogP contribution >= 0.6 is 0 Å². The van der Waals surface area contributed by atoms with Crippen LogP contribution in [0.15, 0.2) is 217 Å². The van der Waals surface area contributed by atoms with Gasteiger partial charge in [-0.2, -0.15) is 0 Å². The van der Waals surface area contributed by atoms with Gasteiger partial charge >= 0.3 is 0 Å². The second-order valence-electron chi connectivity index (χ2n) is 16.2. The highest BCUT2D eigenvalue weighted by molar-refractivity contribution is 6.25. The number of benzene rings is 10. The number of para-hydroxylation sites is 3. The molecule has 13 rings (SSSR count). The second-order valence-corrected chi connectivity index (χ2v) is 16.2. The van der Waals surface area contributed by atoms with Crippen molar-refractivity contribution in [2.75, 3.05) is 0 Å². The van der Waals surface area contributed by atoms with E-state index in [1.165, 1.54) is 26.9 Å². The van der Waals surface area contributed by atoms with Crippen molar-refractivity contribution in [1.82, 2.24) is 24.5 Å². The number of hydrogen-bond donors (Lipinski definition) is 0. The van der Waals surface area contributed by atoms with Crippen LogP contribution in [0.25, 0.3) is 128 Å². The van der Waals surface area contributed by atoms with Crippen LogP contribution in [0.5, 0.6) is 0 Å². The molecule has 0 N–H and O–H groups in total. The lowest BCUT2D eigenvalue weighted by Gasteiger charge is -2.14. The lowest BCUT2D eigenvalue weighted by atomic mass is 9.93. The molecule has 3 heterocycles. The van der Waals surface area contributed by atoms with Crippen LogP contribution in [0.1, 0.15) is 0 Å².